The van der Waals surface area contributed by atoms with E-state index in [2.05, 4.69) is 144 Å². The number of aromatic nitrogens is 1. The Bertz CT molecular complexity index is 2400. The van der Waals surface area contributed by atoms with E-state index in [4.69, 9.17) is 0 Å². The topological polar surface area (TPSA) is 4.93 Å². The molecule has 0 saturated heterocycles. The van der Waals surface area contributed by atoms with Gasteiger partial charge < -0.3 is 4.57 Å². The van der Waals surface area contributed by atoms with Crippen LogP contribution in [0.5, 0.6) is 0 Å². The van der Waals surface area contributed by atoms with E-state index in [0.29, 0.717) is 0 Å². The number of para-hydroxylation sites is 2. The highest BCUT2D eigenvalue weighted by Crippen LogP contribution is 2.33. The molecule has 0 unspecified atom stereocenters. The van der Waals surface area contributed by atoms with Gasteiger partial charge in [-0.15, -0.1) is 0 Å². The van der Waals surface area contributed by atoms with Gasteiger partial charge in [0.05, 0.1) is 11.0 Å². The van der Waals surface area contributed by atoms with Gasteiger partial charge in [-0.05, 0) is 60.8 Å². The minimum atomic E-state index is 1.18. The van der Waals surface area contributed by atoms with E-state index >= 15 is 0 Å². The van der Waals surface area contributed by atoms with Gasteiger partial charge in [-0.25, -0.2) is 0 Å². The number of fused-ring (bicyclic) bond motifs is 8. The Morgan fingerprint density at radius 3 is 1.46 bits per heavy atom. The lowest BCUT2D eigenvalue weighted by Gasteiger charge is -2.08. The molecule has 8 rings (SSSR count). The molecule has 0 N–H and O–H groups in total. The molecule has 0 saturated carbocycles. The van der Waals surface area contributed by atoms with Crippen LogP contribution in [-0.2, 0) is 0 Å². The fourth-order valence-electron chi connectivity index (χ4n) is 6.26. The zero-order chi connectivity index (χ0) is 24.3. The molecule has 1 aliphatic carbocycles. The fourth-order valence-corrected chi connectivity index (χ4v) is 6.26. The Kier molecular flexibility index (Phi) is 4.29. The molecule has 1 nitrogen and oxygen atoms in total. The molecule has 0 fully saturated rings. The number of hydrogen-bond acceptors (Lipinski definition) is 0. The second-order valence-electron chi connectivity index (χ2n) is 9.71. The van der Waals surface area contributed by atoms with E-state index in [1.54, 1.807) is 0 Å². The summed E-state index contributed by atoms with van der Waals surface area (Å²) in [6.07, 6.45) is 0. The molecule has 6 aromatic carbocycles. The molecule has 172 valence electrons. The maximum absolute atomic E-state index is 2.41. The van der Waals surface area contributed by atoms with Gasteiger partial charge in [0.1, 0.15) is 0 Å². The summed E-state index contributed by atoms with van der Waals surface area (Å²) in [5, 5.41) is 12.8. The van der Waals surface area contributed by atoms with Gasteiger partial charge in [0, 0.05) is 21.7 Å². The molecule has 7 aromatic rings. The normalized spacial score (nSPS) is 11.8. The zero-order valence-corrected chi connectivity index (χ0v) is 20.2. The van der Waals surface area contributed by atoms with Crippen molar-refractivity contribution in [2.75, 3.05) is 0 Å². The second kappa shape index (κ2) is 7.81. The van der Waals surface area contributed by atoms with Gasteiger partial charge in [-0.1, -0.05) is 115 Å². The first-order valence-corrected chi connectivity index (χ1v) is 12.8. The maximum atomic E-state index is 2.41. The summed E-state index contributed by atoms with van der Waals surface area (Å²) in [4.78, 5) is 0. The molecule has 0 amide bonds. The minimum absolute atomic E-state index is 1.18. The minimum Gasteiger partial charge on any atom is -0.309 e. The maximum Gasteiger partial charge on any atom is 0.0547 e. The average molecular weight is 470 g/mol. The van der Waals surface area contributed by atoms with E-state index in [1.807, 2.05) is 0 Å². The van der Waals surface area contributed by atoms with Gasteiger partial charge in [0.15, 0.2) is 0 Å². The van der Waals surface area contributed by atoms with Crippen molar-refractivity contribution in [3.8, 4) is 5.69 Å². The van der Waals surface area contributed by atoms with E-state index < -0.39 is 0 Å². The third kappa shape index (κ3) is 2.86. The van der Waals surface area contributed by atoms with Crippen molar-refractivity contribution in [3.63, 3.8) is 0 Å². The van der Waals surface area contributed by atoms with Crippen molar-refractivity contribution >= 4 is 21.8 Å². The summed E-state index contributed by atoms with van der Waals surface area (Å²) >= 11 is 0. The smallest absolute Gasteiger partial charge is 0.0547 e. The quantitative estimate of drug-likeness (QED) is 0.228. The molecule has 1 heterocycles. The van der Waals surface area contributed by atoms with Crippen LogP contribution in [-0.4, -0.2) is 4.57 Å². The summed E-state index contributed by atoms with van der Waals surface area (Å²) in [6, 6.07) is 50.8. The van der Waals surface area contributed by atoms with Gasteiger partial charge in [-0.3, -0.25) is 0 Å². The van der Waals surface area contributed by atoms with E-state index in [1.165, 1.54) is 69.2 Å². The van der Waals surface area contributed by atoms with Crippen LogP contribution >= 0.6 is 0 Å². The lowest BCUT2D eigenvalue weighted by molar-refractivity contribution is 1.18. The Labute approximate surface area is 213 Å². The number of benzene rings is 6. The van der Waals surface area contributed by atoms with Crippen molar-refractivity contribution in [2.24, 2.45) is 0 Å². The standard InChI is InChI=1S/C36H23N/c1-2-12-24(13-3-1)37-33-21-11-10-20-32(33)36-34(37)23-22-31-29-18-7-6-16-27(29)25-14-4-5-15-26(25)28-17-8-9-19-30(28)35(31)36/h1-23H. The van der Waals surface area contributed by atoms with Gasteiger partial charge in [0.2, 0.25) is 0 Å². The van der Waals surface area contributed by atoms with E-state index in [0.717, 1.165) is 0 Å². The monoisotopic (exact) mass is 469 g/mol. The van der Waals surface area contributed by atoms with Crippen molar-refractivity contribution in [2.45, 2.75) is 0 Å². The highest BCUT2D eigenvalue weighted by atomic mass is 15.0. The van der Waals surface area contributed by atoms with E-state index in [-0.39, 0.29) is 0 Å². The number of rotatable bonds is 1. The van der Waals surface area contributed by atoms with Crippen LogP contribution in [0.15, 0.2) is 140 Å². The Morgan fingerprint density at radius 1 is 0.324 bits per heavy atom. The summed E-state index contributed by atoms with van der Waals surface area (Å²) < 4.78 is 2.41. The SMILES string of the molecule is c1ccc(-n2c3ccccc3c3c4c(ccc32)=c2ccccc2=c2ccccc2=c2ccccc2=4)cc1. The number of nitrogens with zero attached hydrogens (tertiary/aromatic N) is 1. The molecule has 1 aromatic heterocycles. The van der Waals surface area contributed by atoms with Crippen molar-refractivity contribution in [1.29, 1.82) is 0 Å². The van der Waals surface area contributed by atoms with Crippen LogP contribution in [0.2, 0.25) is 0 Å². The first kappa shape index (κ1) is 20.3. The molecule has 37 heavy (non-hydrogen) atoms. The van der Waals surface area contributed by atoms with Crippen molar-refractivity contribution < 1.29 is 0 Å². The first-order chi connectivity index (χ1) is 18.4. The molecule has 0 spiro atoms. The van der Waals surface area contributed by atoms with Crippen LogP contribution in [0.1, 0.15) is 0 Å². The Hall–Kier alpha value is -4.88. The highest BCUT2D eigenvalue weighted by molar-refractivity contribution is 6.09. The van der Waals surface area contributed by atoms with Gasteiger partial charge >= 0.3 is 0 Å². The van der Waals surface area contributed by atoms with Crippen molar-refractivity contribution in [3.05, 3.63) is 181 Å². The van der Waals surface area contributed by atoms with Gasteiger partial charge in [0.25, 0.3) is 0 Å². The second-order valence-corrected chi connectivity index (χ2v) is 9.71. The molecule has 0 bridgehead atoms. The van der Waals surface area contributed by atoms with Crippen LogP contribution in [0.25, 0.3) is 27.5 Å². The molecule has 0 aliphatic heterocycles. The van der Waals surface area contributed by atoms with E-state index in [9.17, 15) is 0 Å². The third-order valence-electron chi connectivity index (χ3n) is 7.77. The summed E-state index contributed by atoms with van der Waals surface area (Å²) in [6.45, 7) is 0. The lowest BCUT2D eigenvalue weighted by atomic mass is 9.99. The molecule has 0 atom stereocenters. The lowest BCUT2D eigenvalue weighted by Crippen LogP contribution is -1.94. The van der Waals surface area contributed by atoms with Crippen molar-refractivity contribution in [1.82, 2.24) is 4.57 Å². The largest absolute Gasteiger partial charge is 0.309 e. The molecule has 1 heteroatoms. The Morgan fingerprint density at radius 2 is 0.811 bits per heavy atom. The molecule has 0 radical (unpaired) electrons. The molecular formula is C36H23N. The van der Waals surface area contributed by atoms with Crippen LogP contribution < -0.4 is 0 Å². The average Bonchev–Trinajstić information content (AvgIpc) is 3.31. The van der Waals surface area contributed by atoms with Crippen LogP contribution in [0.4, 0.5) is 0 Å². The predicted octanol–water partition coefficient (Wildman–Crippen LogP) is 8.25. The van der Waals surface area contributed by atoms with Crippen LogP contribution in [0, 0.1) is 41.7 Å². The fraction of sp³-hybridized carbons (Fsp3) is 0. The predicted molar refractivity (Wildman–Crippen MR) is 151 cm³/mol. The Balaban J connectivity index is 1.85. The zero-order valence-electron chi connectivity index (χ0n) is 20.2. The molecule has 1 aliphatic rings. The van der Waals surface area contributed by atoms with Gasteiger partial charge in [-0.2, -0.15) is 0 Å². The summed E-state index contributed by atoms with van der Waals surface area (Å²) in [5.41, 5.74) is 3.64. The third-order valence-corrected chi connectivity index (χ3v) is 7.77. The van der Waals surface area contributed by atoms with Crippen LogP contribution in [0.3, 0.4) is 0 Å². The summed E-state index contributed by atoms with van der Waals surface area (Å²) in [5.74, 6) is 0. The number of hydrogen-bond donors (Lipinski definition) is 0. The molecular weight excluding hydrogens is 446 g/mol. The highest BCUT2D eigenvalue weighted by Gasteiger charge is 2.14. The summed E-state index contributed by atoms with van der Waals surface area (Å²) in [7, 11) is 0. The first-order valence-electron chi connectivity index (χ1n) is 12.8.